The zero-order valence-corrected chi connectivity index (χ0v) is 18.4. The van der Waals surface area contributed by atoms with Crippen molar-refractivity contribution in [1.29, 1.82) is 5.26 Å². The van der Waals surface area contributed by atoms with E-state index < -0.39 is 0 Å². The first kappa shape index (κ1) is 20.9. The minimum absolute atomic E-state index is 0.192. The number of carbonyl (C=O) groups is 1. The molecule has 1 aromatic carbocycles. The van der Waals surface area contributed by atoms with E-state index in [2.05, 4.69) is 35.5 Å². The number of rotatable bonds is 5. The van der Waals surface area contributed by atoms with Crippen molar-refractivity contribution in [3.05, 3.63) is 58.7 Å². The van der Waals surface area contributed by atoms with Crippen LogP contribution in [-0.4, -0.2) is 33.4 Å². The Morgan fingerprint density at radius 3 is 2.71 bits per heavy atom. The molecule has 6 heteroatoms. The monoisotopic (exact) mass is 416 g/mol. The van der Waals surface area contributed by atoms with E-state index in [1.165, 1.54) is 0 Å². The van der Waals surface area contributed by atoms with Crippen LogP contribution < -0.4 is 0 Å². The molecular formula is C25H28N4O2. The Morgan fingerprint density at radius 2 is 2.03 bits per heavy atom. The quantitative estimate of drug-likeness (QED) is 0.435. The Kier molecular flexibility index (Phi) is 5.94. The summed E-state index contributed by atoms with van der Waals surface area (Å²) in [6, 6.07) is 11.9. The number of nitriles is 1. The summed E-state index contributed by atoms with van der Waals surface area (Å²) in [7, 11) is 0. The molecule has 6 nitrogen and oxygen atoms in total. The average molecular weight is 417 g/mol. The predicted molar refractivity (Wildman–Crippen MR) is 120 cm³/mol. The number of oxazole rings is 1. The van der Waals surface area contributed by atoms with E-state index in [9.17, 15) is 10.1 Å². The van der Waals surface area contributed by atoms with E-state index in [1.807, 2.05) is 31.2 Å². The van der Waals surface area contributed by atoms with Crippen LogP contribution in [0.5, 0.6) is 0 Å². The lowest BCUT2D eigenvalue weighted by Crippen LogP contribution is -2.38. The summed E-state index contributed by atoms with van der Waals surface area (Å²) in [5, 5.41) is 9.67. The number of aryl methyl sites for hydroxylation is 1. The van der Waals surface area contributed by atoms with Gasteiger partial charge in [0.1, 0.15) is 17.2 Å². The van der Waals surface area contributed by atoms with Gasteiger partial charge in [0.05, 0.1) is 0 Å². The van der Waals surface area contributed by atoms with Gasteiger partial charge in [-0.25, -0.2) is 4.98 Å². The van der Waals surface area contributed by atoms with Crippen molar-refractivity contribution in [3.8, 4) is 6.07 Å². The molecule has 1 aliphatic rings. The molecule has 0 spiro atoms. The maximum Gasteiger partial charge on any atom is 0.264 e. The van der Waals surface area contributed by atoms with Crippen molar-refractivity contribution < 1.29 is 9.21 Å². The first-order valence-electron chi connectivity index (χ1n) is 10.9. The Labute approximate surface area is 182 Å². The number of hydrogen-bond acceptors (Lipinski definition) is 4. The Hall–Kier alpha value is -3.33. The molecule has 160 valence electrons. The van der Waals surface area contributed by atoms with Crippen molar-refractivity contribution in [2.45, 2.75) is 52.5 Å². The average Bonchev–Trinajstić information content (AvgIpc) is 3.34. The van der Waals surface area contributed by atoms with Gasteiger partial charge in [-0.05, 0) is 62.9 Å². The molecule has 0 bridgehead atoms. The fraction of sp³-hybridized carbons (Fsp3) is 0.400. The summed E-state index contributed by atoms with van der Waals surface area (Å²) in [5.74, 6) is 0.741. The second-order valence-corrected chi connectivity index (χ2v) is 8.23. The summed E-state index contributed by atoms with van der Waals surface area (Å²) in [6.07, 6.45) is 4.34. The summed E-state index contributed by atoms with van der Waals surface area (Å²) >= 11 is 0. The minimum atomic E-state index is -0.196. The van der Waals surface area contributed by atoms with Gasteiger partial charge in [0.15, 0.2) is 11.5 Å². The van der Waals surface area contributed by atoms with Gasteiger partial charge >= 0.3 is 0 Å². The van der Waals surface area contributed by atoms with Gasteiger partial charge in [0.25, 0.3) is 5.91 Å². The number of nitrogens with zero attached hydrogens (tertiary/aromatic N) is 4. The smallest absolute Gasteiger partial charge is 0.264 e. The molecule has 1 amide bonds. The topological polar surface area (TPSA) is 75.1 Å². The highest BCUT2D eigenvalue weighted by Gasteiger charge is 2.28. The zero-order chi connectivity index (χ0) is 22.0. The number of piperidine rings is 1. The molecular weight excluding hydrogens is 388 g/mol. The lowest BCUT2D eigenvalue weighted by Gasteiger charge is -2.30. The highest BCUT2D eigenvalue weighted by molar-refractivity contribution is 6.01. The van der Waals surface area contributed by atoms with E-state index >= 15 is 0 Å². The van der Waals surface area contributed by atoms with E-state index in [4.69, 9.17) is 4.42 Å². The number of benzene rings is 1. The molecule has 4 rings (SSSR count). The first-order valence-corrected chi connectivity index (χ1v) is 10.9. The fourth-order valence-corrected chi connectivity index (χ4v) is 4.40. The maximum absolute atomic E-state index is 13.0. The third kappa shape index (κ3) is 4.13. The van der Waals surface area contributed by atoms with Crippen LogP contribution in [0.2, 0.25) is 0 Å². The lowest BCUT2D eigenvalue weighted by molar-refractivity contribution is -0.127. The van der Waals surface area contributed by atoms with Gasteiger partial charge in [-0.3, -0.25) is 4.79 Å². The molecule has 31 heavy (non-hydrogen) atoms. The van der Waals surface area contributed by atoms with Gasteiger partial charge < -0.3 is 13.9 Å². The van der Waals surface area contributed by atoms with Gasteiger partial charge in [-0.2, -0.15) is 5.26 Å². The Balaban J connectivity index is 1.46. The molecule has 0 unspecified atom stereocenters. The van der Waals surface area contributed by atoms with Gasteiger partial charge in [0.2, 0.25) is 0 Å². The fourth-order valence-electron chi connectivity index (χ4n) is 4.40. The van der Waals surface area contributed by atoms with Crippen molar-refractivity contribution in [3.63, 3.8) is 0 Å². The maximum atomic E-state index is 13.0. The summed E-state index contributed by atoms with van der Waals surface area (Å²) in [5.41, 5.74) is 5.04. The van der Waals surface area contributed by atoms with Crippen LogP contribution in [0, 0.1) is 25.2 Å². The van der Waals surface area contributed by atoms with Crippen LogP contribution in [0.25, 0.3) is 17.2 Å². The molecule has 0 aliphatic carbocycles. The van der Waals surface area contributed by atoms with Crippen LogP contribution in [0.1, 0.15) is 54.9 Å². The zero-order valence-electron chi connectivity index (χ0n) is 18.4. The highest BCUT2D eigenvalue weighted by atomic mass is 16.3. The van der Waals surface area contributed by atoms with E-state index in [-0.39, 0.29) is 17.4 Å². The Bertz CT molecular complexity index is 1140. The largest absolute Gasteiger partial charge is 0.440 e. The number of amides is 1. The number of aromatic nitrogens is 2. The second kappa shape index (κ2) is 8.81. The predicted octanol–water partition coefficient (Wildman–Crippen LogP) is 4.97. The highest BCUT2D eigenvalue weighted by Crippen LogP contribution is 2.30. The summed E-state index contributed by atoms with van der Waals surface area (Å²) in [6.45, 7) is 8.37. The van der Waals surface area contributed by atoms with E-state index in [0.29, 0.717) is 13.1 Å². The van der Waals surface area contributed by atoms with E-state index in [1.54, 1.807) is 11.0 Å². The van der Waals surface area contributed by atoms with Crippen LogP contribution in [-0.2, 0) is 11.3 Å². The molecule has 1 fully saturated rings. The molecule has 1 aliphatic heterocycles. The minimum Gasteiger partial charge on any atom is -0.440 e. The molecule has 2 aromatic heterocycles. The number of hydrogen-bond donors (Lipinski definition) is 0. The molecule has 0 radical (unpaired) electrons. The lowest BCUT2D eigenvalue weighted by atomic mass is 9.96. The molecule has 0 atom stereocenters. The van der Waals surface area contributed by atoms with Crippen molar-refractivity contribution in [2.75, 3.05) is 13.1 Å². The van der Waals surface area contributed by atoms with Gasteiger partial charge in [-0.1, -0.05) is 19.1 Å². The third-order valence-corrected chi connectivity index (χ3v) is 6.15. The van der Waals surface area contributed by atoms with E-state index in [0.717, 1.165) is 59.7 Å². The molecule has 3 aromatic rings. The van der Waals surface area contributed by atoms with Crippen LogP contribution in [0.15, 0.2) is 40.3 Å². The van der Waals surface area contributed by atoms with Crippen molar-refractivity contribution in [1.82, 2.24) is 14.5 Å². The number of likely N-dealkylation sites (tertiary alicyclic amines) is 1. The summed E-state index contributed by atoms with van der Waals surface area (Å²) < 4.78 is 8.15. The van der Waals surface area contributed by atoms with Gasteiger partial charge in [-0.15, -0.1) is 0 Å². The SMILES string of the molecule is CCCn1c(C)cc(/C=C(\C#N)C(=O)N2CCC(c3nc4ccccc4o3)CC2)c1C. The molecule has 0 N–H and O–H groups in total. The first-order chi connectivity index (χ1) is 15.0. The molecule has 3 heterocycles. The standard InChI is InChI=1S/C25H28N4O2/c1-4-11-29-17(2)14-20(18(29)3)15-21(16-26)25(30)28-12-9-19(10-13-28)24-27-22-7-5-6-8-23(22)31-24/h5-8,14-15,19H,4,9-13H2,1-3H3/b21-15+. The Morgan fingerprint density at radius 1 is 1.29 bits per heavy atom. The summed E-state index contributed by atoms with van der Waals surface area (Å²) in [4.78, 5) is 19.4. The van der Waals surface area contributed by atoms with Crippen LogP contribution in [0.4, 0.5) is 0 Å². The number of carbonyl (C=O) groups excluding carboxylic acids is 1. The third-order valence-electron chi connectivity index (χ3n) is 6.15. The van der Waals surface area contributed by atoms with Crippen molar-refractivity contribution in [2.24, 2.45) is 0 Å². The molecule has 1 saturated heterocycles. The second-order valence-electron chi connectivity index (χ2n) is 8.23. The molecule has 0 saturated carbocycles. The van der Waals surface area contributed by atoms with Crippen LogP contribution in [0.3, 0.4) is 0 Å². The normalized spacial score (nSPS) is 15.4. The van der Waals surface area contributed by atoms with Crippen LogP contribution >= 0.6 is 0 Å². The number of fused-ring (bicyclic) bond motifs is 1. The number of para-hydroxylation sites is 2. The van der Waals surface area contributed by atoms with Crippen molar-refractivity contribution >= 4 is 23.1 Å². The van der Waals surface area contributed by atoms with Gasteiger partial charge in [0, 0.05) is 36.9 Å².